The lowest BCUT2D eigenvalue weighted by atomic mass is 10.1. The van der Waals surface area contributed by atoms with Crippen LogP contribution in [0.1, 0.15) is 38.3 Å². The molecule has 40 heavy (non-hydrogen) atoms. The van der Waals surface area contributed by atoms with Gasteiger partial charge in [0.05, 0.1) is 17.7 Å². The summed E-state index contributed by atoms with van der Waals surface area (Å²) >= 11 is 6.19. The van der Waals surface area contributed by atoms with Gasteiger partial charge in [-0.2, -0.15) is 0 Å². The quantitative estimate of drug-likeness (QED) is 0.316. The fourth-order valence-corrected chi connectivity index (χ4v) is 5.76. The molecule has 0 saturated carbocycles. The Morgan fingerprint density at radius 3 is 2.33 bits per heavy atom. The van der Waals surface area contributed by atoms with E-state index in [1.54, 1.807) is 67.6 Å². The minimum absolute atomic E-state index is 0.0234. The summed E-state index contributed by atoms with van der Waals surface area (Å²) in [6.45, 7) is 6.78. The van der Waals surface area contributed by atoms with Gasteiger partial charge in [-0.1, -0.05) is 54.9 Å². The van der Waals surface area contributed by atoms with Crippen LogP contribution < -0.4 is 14.4 Å². The third kappa shape index (κ3) is 7.55. The maximum atomic E-state index is 14.0. The van der Waals surface area contributed by atoms with Crippen molar-refractivity contribution in [3.05, 3.63) is 88.9 Å². The van der Waals surface area contributed by atoms with Gasteiger partial charge in [0.1, 0.15) is 18.3 Å². The van der Waals surface area contributed by atoms with Gasteiger partial charge in [-0.05, 0) is 74.7 Å². The van der Waals surface area contributed by atoms with E-state index in [1.165, 1.54) is 24.1 Å². The second-order valence-electron chi connectivity index (χ2n) is 9.65. The molecule has 2 amide bonds. The zero-order valence-corrected chi connectivity index (χ0v) is 25.0. The van der Waals surface area contributed by atoms with Crippen LogP contribution in [0.4, 0.5) is 5.69 Å². The van der Waals surface area contributed by atoms with E-state index in [-0.39, 0.29) is 29.1 Å². The Morgan fingerprint density at radius 2 is 1.70 bits per heavy atom. The number of methoxy groups -OCH3 is 1. The van der Waals surface area contributed by atoms with Crippen molar-refractivity contribution in [2.45, 2.75) is 57.6 Å². The number of carbonyl (C=O) groups excluding carboxylic acids is 2. The molecule has 0 spiro atoms. The average Bonchev–Trinajstić information content (AvgIpc) is 2.94. The molecule has 3 aromatic carbocycles. The van der Waals surface area contributed by atoms with Crippen molar-refractivity contribution in [3.63, 3.8) is 0 Å². The van der Waals surface area contributed by atoms with Crippen LogP contribution in [0.15, 0.2) is 77.7 Å². The van der Waals surface area contributed by atoms with E-state index >= 15 is 0 Å². The zero-order valence-electron chi connectivity index (χ0n) is 23.4. The molecule has 0 fully saturated rings. The first-order valence-corrected chi connectivity index (χ1v) is 14.9. The van der Waals surface area contributed by atoms with Gasteiger partial charge < -0.3 is 15.0 Å². The van der Waals surface area contributed by atoms with Crippen LogP contribution in [0, 0.1) is 6.92 Å². The molecule has 0 aliphatic rings. The maximum absolute atomic E-state index is 14.0. The summed E-state index contributed by atoms with van der Waals surface area (Å²) < 4.78 is 34.5. The molecule has 0 unspecified atom stereocenters. The van der Waals surface area contributed by atoms with Crippen molar-refractivity contribution in [2.24, 2.45) is 0 Å². The Bertz CT molecular complexity index is 1430. The Morgan fingerprint density at radius 1 is 1.00 bits per heavy atom. The number of sulfonamides is 1. The number of amides is 2. The number of nitrogens with zero attached hydrogens (tertiary/aromatic N) is 2. The molecule has 0 radical (unpaired) electrons. The number of rotatable bonds is 12. The zero-order chi connectivity index (χ0) is 29.4. The van der Waals surface area contributed by atoms with Gasteiger partial charge in [0.15, 0.2) is 0 Å². The molecule has 214 valence electrons. The highest BCUT2D eigenvalue weighted by atomic mass is 35.5. The van der Waals surface area contributed by atoms with Gasteiger partial charge in [-0.25, -0.2) is 8.42 Å². The van der Waals surface area contributed by atoms with Gasteiger partial charge >= 0.3 is 0 Å². The lowest BCUT2D eigenvalue weighted by Crippen LogP contribution is -2.52. The summed E-state index contributed by atoms with van der Waals surface area (Å²) in [5.41, 5.74) is 1.71. The summed E-state index contributed by atoms with van der Waals surface area (Å²) in [4.78, 5) is 28.6. The molecule has 0 aromatic heterocycles. The Balaban J connectivity index is 2.08. The fraction of sp³-hybridized carbons (Fsp3) is 0.333. The second kappa shape index (κ2) is 13.7. The monoisotopic (exact) mass is 585 g/mol. The van der Waals surface area contributed by atoms with Crippen LogP contribution in [0.25, 0.3) is 0 Å². The fourth-order valence-electron chi connectivity index (χ4n) is 4.11. The number of anilines is 1. The lowest BCUT2D eigenvalue weighted by molar-refractivity contribution is -0.139. The van der Waals surface area contributed by atoms with Crippen molar-refractivity contribution < 1.29 is 22.7 Å². The number of hydrogen-bond acceptors (Lipinski definition) is 5. The number of carbonyl (C=O) groups is 2. The Kier molecular flexibility index (Phi) is 10.6. The first-order chi connectivity index (χ1) is 19.0. The second-order valence-corrected chi connectivity index (χ2v) is 11.9. The van der Waals surface area contributed by atoms with Gasteiger partial charge in [-0.3, -0.25) is 13.9 Å². The molecule has 0 saturated heterocycles. The molecule has 3 rings (SSSR count). The molecular weight excluding hydrogens is 550 g/mol. The molecule has 0 aliphatic heterocycles. The first kappa shape index (κ1) is 31.0. The van der Waals surface area contributed by atoms with E-state index in [2.05, 4.69) is 5.32 Å². The van der Waals surface area contributed by atoms with E-state index in [9.17, 15) is 18.0 Å². The summed E-state index contributed by atoms with van der Waals surface area (Å²) in [5.74, 6) is -0.605. The van der Waals surface area contributed by atoms with Crippen molar-refractivity contribution in [1.29, 1.82) is 0 Å². The highest BCUT2D eigenvalue weighted by Crippen LogP contribution is 2.33. The number of benzene rings is 3. The van der Waals surface area contributed by atoms with Crippen LogP contribution in [0.5, 0.6) is 5.75 Å². The first-order valence-electron chi connectivity index (χ1n) is 13.0. The average molecular weight is 586 g/mol. The predicted molar refractivity (Wildman–Crippen MR) is 158 cm³/mol. The summed E-state index contributed by atoms with van der Waals surface area (Å²) in [5, 5.41) is 3.40. The minimum atomic E-state index is -4.20. The standard InChI is InChI=1S/C30H36ClN3O5S/c1-6-22(3)32-30(36)23(4)33(19-24-11-10-12-25(31)18-24)29(35)20-34(27-17-21(2)15-16-28(27)39-5)40(37,38)26-13-8-7-9-14-26/h7-18,22-23H,6,19-20H2,1-5H3,(H,32,36)/t22-,23-/m1/s1. The Labute approximate surface area is 241 Å². The number of halogens is 1. The minimum Gasteiger partial charge on any atom is -0.495 e. The molecule has 0 heterocycles. The highest BCUT2D eigenvalue weighted by Gasteiger charge is 2.34. The summed E-state index contributed by atoms with van der Waals surface area (Å²) in [6.07, 6.45) is 0.719. The van der Waals surface area contributed by atoms with Crippen molar-refractivity contribution in [2.75, 3.05) is 18.0 Å². The number of aryl methyl sites for hydroxylation is 1. The molecule has 3 aromatic rings. The largest absolute Gasteiger partial charge is 0.495 e. The molecule has 8 nitrogen and oxygen atoms in total. The smallest absolute Gasteiger partial charge is 0.264 e. The third-order valence-corrected chi connectivity index (χ3v) is 8.63. The predicted octanol–water partition coefficient (Wildman–Crippen LogP) is 5.18. The van der Waals surface area contributed by atoms with E-state index in [0.717, 1.165) is 16.3 Å². The van der Waals surface area contributed by atoms with Crippen molar-refractivity contribution >= 4 is 39.1 Å². The van der Waals surface area contributed by atoms with E-state index in [4.69, 9.17) is 16.3 Å². The van der Waals surface area contributed by atoms with E-state index in [1.807, 2.05) is 20.8 Å². The summed E-state index contributed by atoms with van der Waals surface area (Å²) in [7, 11) is -2.76. The number of nitrogens with one attached hydrogen (secondary N) is 1. The van der Waals surface area contributed by atoms with Gasteiger partial charge in [0, 0.05) is 17.6 Å². The normalized spacial score (nSPS) is 12.8. The SMILES string of the molecule is CC[C@@H](C)NC(=O)[C@@H](C)N(Cc1cccc(Cl)c1)C(=O)CN(c1cc(C)ccc1OC)S(=O)(=O)c1ccccc1. The van der Waals surface area contributed by atoms with Crippen LogP contribution in [-0.2, 0) is 26.2 Å². The molecule has 0 bridgehead atoms. The molecule has 0 aliphatic carbocycles. The van der Waals surface area contributed by atoms with Crippen LogP contribution in [0.2, 0.25) is 5.02 Å². The van der Waals surface area contributed by atoms with E-state index in [0.29, 0.717) is 16.3 Å². The van der Waals surface area contributed by atoms with Gasteiger partial charge in [-0.15, -0.1) is 0 Å². The topological polar surface area (TPSA) is 96.0 Å². The van der Waals surface area contributed by atoms with Crippen LogP contribution >= 0.6 is 11.6 Å². The Hall–Kier alpha value is -3.56. The number of ether oxygens (including phenoxy) is 1. The van der Waals surface area contributed by atoms with Crippen LogP contribution in [-0.4, -0.2) is 50.9 Å². The number of hydrogen-bond donors (Lipinski definition) is 1. The third-order valence-electron chi connectivity index (χ3n) is 6.62. The van der Waals surface area contributed by atoms with Gasteiger partial charge in [0.25, 0.3) is 10.0 Å². The lowest BCUT2D eigenvalue weighted by Gasteiger charge is -2.33. The van der Waals surface area contributed by atoms with E-state index < -0.39 is 28.5 Å². The van der Waals surface area contributed by atoms with Crippen LogP contribution in [0.3, 0.4) is 0 Å². The summed E-state index contributed by atoms with van der Waals surface area (Å²) in [6, 6.07) is 19.0. The molecule has 1 N–H and O–H groups in total. The van der Waals surface area contributed by atoms with Crippen molar-refractivity contribution in [1.82, 2.24) is 10.2 Å². The van der Waals surface area contributed by atoms with Gasteiger partial charge in [0.2, 0.25) is 11.8 Å². The van der Waals surface area contributed by atoms with Crippen molar-refractivity contribution in [3.8, 4) is 5.75 Å². The molecule has 10 heteroatoms. The highest BCUT2D eigenvalue weighted by molar-refractivity contribution is 7.92. The molecule has 2 atom stereocenters. The molecular formula is C30H36ClN3O5S. The maximum Gasteiger partial charge on any atom is 0.264 e.